The normalized spacial score (nSPS) is 22.0. The molecule has 0 aromatic carbocycles. The van der Waals surface area contributed by atoms with Crippen LogP contribution in [0.2, 0.25) is 0 Å². The van der Waals surface area contributed by atoms with E-state index in [0.29, 0.717) is 6.61 Å². The largest absolute Gasteiger partial charge is 0.357 e. The second-order valence-electron chi connectivity index (χ2n) is 2.90. The van der Waals surface area contributed by atoms with Crippen LogP contribution in [0.15, 0.2) is 12.4 Å². The summed E-state index contributed by atoms with van der Waals surface area (Å²) >= 11 is 0. The zero-order chi connectivity index (χ0) is 9.26. The van der Waals surface area contributed by atoms with Crippen molar-refractivity contribution in [2.24, 2.45) is 0 Å². The summed E-state index contributed by atoms with van der Waals surface area (Å²) in [5.41, 5.74) is 0.00972. The van der Waals surface area contributed by atoms with Crippen LogP contribution in [-0.2, 0) is 4.74 Å². The van der Waals surface area contributed by atoms with Gasteiger partial charge in [0.25, 0.3) is 0 Å². The number of hydrogen-bond donors (Lipinski definition) is 0. The topological polar surface area (TPSA) is 70.2 Å². The number of hydrogen-bond acceptors (Lipinski definition) is 4. The molecule has 0 spiro atoms. The SMILES string of the molecule is O=[N+]([O-])c1cnn(C2CCCO2)c1. The Hall–Kier alpha value is -1.43. The van der Waals surface area contributed by atoms with Gasteiger partial charge in [-0.1, -0.05) is 0 Å². The summed E-state index contributed by atoms with van der Waals surface area (Å²) in [5.74, 6) is 0. The lowest BCUT2D eigenvalue weighted by atomic mass is 10.3. The van der Waals surface area contributed by atoms with Gasteiger partial charge in [0.2, 0.25) is 0 Å². The molecule has 1 atom stereocenters. The molecule has 0 bridgehead atoms. The molecule has 0 saturated carbocycles. The highest BCUT2D eigenvalue weighted by molar-refractivity contribution is 5.20. The van der Waals surface area contributed by atoms with Gasteiger partial charge in [-0.3, -0.25) is 10.1 Å². The van der Waals surface area contributed by atoms with Gasteiger partial charge < -0.3 is 4.74 Å². The van der Waals surface area contributed by atoms with E-state index < -0.39 is 4.92 Å². The Morgan fingerprint density at radius 2 is 2.62 bits per heavy atom. The highest BCUT2D eigenvalue weighted by Crippen LogP contribution is 2.23. The van der Waals surface area contributed by atoms with E-state index in [1.54, 1.807) is 0 Å². The van der Waals surface area contributed by atoms with Crippen molar-refractivity contribution in [3.8, 4) is 0 Å². The number of ether oxygens (including phenoxy) is 1. The molecule has 1 fully saturated rings. The van der Waals surface area contributed by atoms with Gasteiger partial charge in [0, 0.05) is 6.61 Å². The molecule has 1 aliphatic rings. The van der Waals surface area contributed by atoms with Crippen molar-refractivity contribution in [2.45, 2.75) is 19.1 Å². The van der Waals surface area contributed by atoms with Gasteiger partial charge in [-0.25, -0.2) is 4.68 Å². The van der Waals surface area contributed by atoms with E-state index in [0.717, 1.165) is 12.8 Å². The van der Waals surface area contributed by atoms with Crippen molar-refractivity contribution in [3.63, 3.8) is 0 Å². The van der Waals surface area contributed by atoms with Crippen LogP contribution in [0.25, 0.3) is 0 Å². The van der Waals surface area contributed by atoms with Crippen molar-refractivity contribution < 1.29 is 9.66 Å². The minimum atomic E-state index is -0.460. The van der Waals surface area contributed by atoms with Crippen molar-refractivity contribution in [3.05, 3.63) is 22.5 Å². The minimum absolute atomic E-state index is 0.00972. The number of nitrogens with zero attached hydrogens (tertiary/aromatic N) is 3. The summed E-state index contributed by atoms with van der Waals surface area (Å²) in [6.45, 7) is 0.707. The molecule has 1 aliphatic heterocycles. The third kappa shape index (κ3) is 1.52. The van der Waals surface area contributed by atoms with Gasteiger partial charge >= 0.3 is 5.69 Å². The van der Waals surface area contributed by atoms with Gasteiger partial charge in [0.05, 0.1) is 4.92 Å². The first kappa shape index (κ1) is 8.18. The van der Waals surface area contributed by atoms with Crippen LogP contribution in [0.1, 0.15) is 19.1 Å². The van der Waals surface area contributed by atoms with E-state index in [9.17, 15) is 10.1 Å². The van der Waals surface area contributed by atoms with E-state index in [2.05, 4.69) is 5.10 Å². The third-order valence-electron chi connectivity index (χ3n) is 2.00. The van der Waals surface area contributed by atoms with Crippen LogP contribution in [0.4, 0.5) is 5.69 Å². The van der Waals surface area contributed by atoms with Gasteiger partial charge in [0.1, 0.15) is 12.4 Å². The molecular weight excluding hydrogens is 174 g/mol. The Bertz CT molecular complexity index is 317. The third-order valence-corrected chi connectivity index (χ3v) is 2.00. The Balaban J connectivity index is 2.16. The van der Waals surface area contributed by atoms with E-state index in [1.165, 1.54) is 17.1 Å². The molecule has 6 heteroatoms. The zero-order valence-electron chi connectivity index (χ0n) is 6.92. The smallest absolute Gasteiger partial charge is 0.307 e. The maximum absolute atomic E-state index is 10.3. The summed E-state index contributed by atoms with van der Waals surface area (Å²) in [5, 5.41) is 14.2. The molecule has 1 aromatic rings. The van der Waals surface area contributed by atoms with Crippen molar-refractivity contribution in [1.82, 2.24) is 9.78 Å². The summed E-state index contributed by atoms with van der Waals surface area (Å²) in [4.78, 5) is 9.88. The molecule has 2 heterocycles. The van der Waals surface area contributed by atoms with Crippen molar-refractivity contribution in [1.29, 1.82) is 0 Å². The van der Waals surface area contributed by atoms with Crippen LogP contribution in [-0.4, -0.2) is 21.3 Å². The maximum Gasteiger partial charge on any atom is 0.307 e. The van der Waals surface area contributed by atoms with Crippen LogP contribution in [0, 0.1) is 10.1 Å². The molecule has 0 N–H and O–H groups in total. The molecule has 0 radical (unpaired) electrons. The average Bonchev–Trinajstić information content (AvgIpc) is 2.75. The first-order valence-electron chi connectivity index (χ1n) is 4.07. The summed E-state index contributed by atoms with van der Waals surface area (Å²) in [6, 6.07) is 0. The van der Waals surface area contributed by atoms with Gasteiger partial charge in [0.15, 0.2) is 6.23 Å². The first-order valence-corrected chi connectivity index (χ1v) is 4.07. The number of rotatable bonds is 2. The van der Waals surface area contributed by atoms with E-state index in [-0.39, 0.29) is 11.9 Å². The average molecular weight is 183 g/mol. The molecule has 1 unspecified atom stereocenters. The van der Waals surface area contributed by atoms with Crippen LogP contribution in [0.5, 0.6) is 0 Å². The van der Waals surface area contributed by atoms with Crippen LogP contribution >= 0.6 is 0 Å². The first-order chi connectivity index (χ1) is 6.27. The molecule has 6 nitrogen and oxygen atoms in total. The van der Waals surface area contributed by atoms with Crippen LogP contribution < -0.4 is 0 Å². The number of nitro groups is 1. The number of aromatic nitrogens is 2. The minimum Gasteiger partial charge on any atom is -0.357 e. The van der Waals surface area contributed by atoms with Crippen molar-refractivity contribution in [2.75, 3.05) is 6.61 Å². The summed E-state index contributed by atoms with van der Waals surface area (Å²) in [6.07, 6.45) is 4.38. The zero-order valence-corrected chi connectivity index (χ0v) is 6.92. The molecule has 13 heavy (non-hydrogen) atoms. The Labute approximate surface area is 74.3 Å². The van der Waals surface area contributed by atoms with E-state index >= 15 is 0 Å². The van der Waals surface area contributed by atoms with Crippen molar-refractivity contribution >= 4 is 5.69 Å². The van der Waals surface area contributed by atoms with E-state index in [4.69, 9.17) is 4.74 Å². The molecule has 0 aliphatic carbocycles. The lowest BCUT2D eigenvalue weighted by Crippen LogP contribution is -2.06. The fourth-order valence-electron chi connectivity index (χ4n) is 1.35. The Kier molecular flexibility index (Phi) is 1.97. The molecule has 0 amide bonds. The monoisotopic (exact) mass is 183 g/mol. The second-order valence-corrected chi connectivity index (χ2v) is 2.90. The quantitative estimate of drug-likeness (QED) is 0.508. The summed E-state index contributed by atoms with van der Waals surface area (Å²) < 4.78 is 6.82. The van der Waals surface area contributed by atoms with Gasteiger partial charge in [-0.05, 0) is 12.8 Å². The predicted octanol–water partition coefficient (Wildman–Crippen LogP) is 1.10. The standard InChI is InChI=1S/C7H9N3O3/c11-10(12)6-4-8-9(5-6)7-2-1-3-13-7/h4-5,7H,1-3H2. The lowest BCUT2D eigenvalue weighted by molar-refractivity contribution is -0.385. The molecular formula is C7H9N3O3. The lowest BCUT2D eigenvalue weighted by Gasteiger charge is -2.07. The fourth-order valence-corrected chi connectivity index (χ4v) is 1.35. The van der Waals surface area contributed by atoms with Gasteiger partial charge in [-0.15, -0.1) is 0 Å². The highest BCUT2D eigenvalue weighted by atomic mass is 16.6. The summed E-state index contributed by atoms with van der Waals surface area (Å²) in [7, 11) is 0. The van der Waals surface area contributed by atoms with Crippen LogP contribution in [0.3, 0.4) is 0 Å². The molecule has 2 rings (SSSR count). The molecule has 1 aromatic heterocycles. The molecule has 1 saturated heterocycles. The fraction of sp³-hybridized carbons (Fsp3) is 0.571. The van der Waals surface area contributed by atoms with Gasteiger partial charge in [-0.2, -0.15) is 5.10 Å². The Morgan fingerprint density at radius 3 is 3.15 bits per heavy atom. The Morgan fingerprint density at radius 1 is 1.77 bits per heavy atom. The molecule has 70 valence electrons. The predicted molar refractivity (Wildman–Crippen MR) is 43.1 cm³/mol. The van der Waals surface area contributed by atoms with E-state index in [1.807, 2.05) is 0 Å². The second kappa shape index (κ2) is 3.14. The maximum atomic E-state index is 10.3. The highest BCUT2D eigenvalue weighted by Gasteiger charge is 2.20.